The van der Waals surface area contributed by atoms with Gasteiger partial charge in [0.1, 0.15) is 23.2 Å². The van der Waals surface area contributed by atoms with Crippen molar-refractivity contribution in [2.24, 2.45) is 0 Å². The van der Waals surface area contributed by atoms with Gasteiger partial charge in [0.2, 0.25) is 11.6 Å². The first-order chi connectivity index (χ1) is 12.0. The van der Waals surface area contributed by atoms with Crippen LogP contribution in [0.2, 0.25) is 5.02 Å². The predicted octanol–water partition coefficient (Wildman–Crippen LogP) is 3.52. The van der Waals surface area contributed by atoms with Crippen LogP contribution in [0.5, 0.6) is 11.6 Å². The minimum absolute atomic E-state index is 0.209. The summed E-state index contributed by atoms with van der Waals surface area (Å²) in [6, 6.07) is 4.96. The second-order valence-electron chi connectivity index (χ2n) is 5.33. The average Bonchev–Trinajstić information content (AvgIpc) is 2.88. The Hall–Kier alpha value is -2.80. The Labute approximate surface area is 148 Å². The van der Waals surface area contributed by atoms with Gasteiger partial charge in [0, 0.05) is 11.3 Å². The third-order valence-corrected chi connectivity index (χ3v) is 4.00. The molecule has 1 amide bonds. The van der Waals surface area contributed by atoms with Crippen LogP contribution in [0.25, 0.3) is 11.1 Å². The number of carbonyl (C=O) groups is 1. The van der Waals surface area contributed by atoms with E-state index in [4.69, 9.17) is 25.5 Å². The summed E-state index contributed by atoms with van der Waals surface area (Å²) in [7, 11) is 1.52. The lowest BCUT2D eigenvalue weighted by Gasteiger charge is -2.09. The maximum atomic E-state index is 12.1. The first-order valence-electron chi connectivity index (χ1n) is 7.46. The molecule has 0 unspecified atom stereocenters. The van der Waals surface area contributed by atoms with Gasteiger partial charge in [-0.05, 0) is 32.0 Å². The highest BCUT2D eigenvalue weighted by atomic mass is 35.5. The summed E-state index contributed by atoms with van der Waals surface area (Å²) in [4.78, 5) is 20.2. The molecule has 0 fully saturated rings. The fourth-order valence-electron chi connectivity index (χ4n) is 2.33. The maximum Gasteiger partial charge on any atom is 0.262 e. The second-order valence-corrected chi connectivity index (χ2v) is 5.74. The topological polar surface area (TPSA) is 86.5 Å². The van der Waals surface area contributed by atoms with Gasteiger partial charge in [0.25, 0.3) is 5.91 Å². The Balaban J connectivity index is 1.70. The van der Waals surface area contributed by atoms with Crippen LogP contribution in [-0.2, 0) is 4.79 Å². The van der Waals surface area contributed by atoms with Crippen molar-refractivity contribution in [1.29, 1.82) is 0 Å². The number of methoxy groups -OCH3 is 1. The van der Waals surface area contributed by atoms with Gasteiger partial charge in [0.15, 0.2) is 6.61 Å². The zero-order chi connectivity index (χ0) is 18.0. The molecule has 0 aliphatic heterocycles. The van der Waals surface area contributed by atoms with Crippen molar-refractivity contribution in [2.45, 2.75) is 13.8 Å². The summed E-state index contributed by atoms with van der Waals surface area (Å²) in [5.74, 6) is 1.23. The Morgan fingerprint density at radius 3 is 2.84 bits per heavy atom. The number of aromatic nitrogens is 2. The number of hydrogen-bond donors (Lipinski definition) is 1. The van der Waals surface area contributed by atoms with E-state index in [1.54, 1.807) is 18.2 Å². The molecule has 3 rings (SSSR count). The Kier molecular flexibility index (Phi) is 4.76. The molecule has 0 saturated carbocycles. The molecule has 1 N–H and O–H groups in total. The quantitative estimate of drug-likeness (QED) is 0.748. The molecule has 2 heterocycles. The normalized spacial score (nSPS) is 10.7. The third-order valence-electron chi connectivity index (χ3n) is 3.71. The molecule has 0 aliphatic carbocycles. The molecular weight excluding hydrogens is 346 g/mol. The third kappa shape index (κ3) is 3.51. The average molecular weight is 362 g/mol. The van der Waals surface area contributed by atoms with Gasteiger partial charge in [0.05, 0.1) is 12.1 Å². The number of halogens is 1. The van der Waals surface area contributed by atoms with Gasteiger partial charge in [-0.15, -0.1) is 0 Å². The Morgan fingerprint density at radius 1 is 1.32 bits per heavy atom. The van der Waals surface area contributed by atoms with E-state index < -0.39 is 0 Å². The molecule has 2 aromatic heterocycles. The fourth-order valence-corrected chi connectivity index (χ4v) is 2.59. The number of amides is 1. The van der Waals surface area contributed by atoms with Crippen molar-refractivity contribution < 1.29 is 18.7 Å². The zero-order valence-corrected chi connectivity index (χ0v) is 14.7. The zero-order valence-electron chi connectivity index (χ0n) is 13.9. The van der Waals surface area contributed by atoms with Crippen LogP contribution in [0.4, 0.5) is 5.69 Å². The SMILES string of the molecule is COc1ccc(NC(=O)COc2ncnc3oc(C)c(C)c23)cc1Cl. The molecule has 0 bridgehead atoms. The number of ether oxygens (including phenoxy) is 2. The lowest BCUT2D eigenvalue weighted by atomic mass is 10.2. The summed E-state index contributed by atoms with van der Waals surface area (Å²) in [6.07, 6.45) is 1.33. The summed E-state index contributed by atoms with van der Waals surface area (Å²) < 4.78 is 16.1. The van der Waals surface area contributed by atoms with Gasteiger partial charge in [-0.3, -0.25) is 4.79 Å². The molecule has 0 spiro atoms. The molecule has 7 nitrogen and oxygen atoms in total. The number of nitrogens with one attached hydrogen (secondary N) is 1. The first kappa shape index (κ1) is 17.0. The fraction of sp³-hybridized carbons (Fsp3) is 0.235. The number of rotatable bonds is 5. The summed E-state index contributed by atoms with van der Waals surface area (Å²) >= 11 is 6.04. The van der Waals surface area contributed by atoms with Gasteiger partial charge < -0.3 is 19.2 Å². The van der Waals surface area contributed by atoms with E-state index in [-0.39, 0.29) is 12.5 Å². The van der Waals surface area contributed by atoms with Gasteiger partial charge in [-0.1, -0.05) is 11.6 Å². The molecule has 1 aromatic carbocycles. The van der Waals surface area contributed by atoms with E-state index in [0.717, 1.165) is 11.3 Å². The highest BCUT2D eigenvalue weighted by Gasteiger charge is 2.16. The second kappa shape index (κ2) is 6.98. The van der Waals surface area contributed by atoms with E-state index in [1.165, 1.54) is 13.4 Å². The highest BCUT2D eigenvalue weighted by Crippen LogP contribution is 2.30. The number of carbonyl (C=O) groups excluding carboxylic acids is 1. The number of hydrogen-bond acceptors (Lipinski definition) is 6. The van der Waals surface area contributed by atoms with Gasteiger partial charge in [-0.2, -0.15) is 0 Å². The minimum atomic E-state index is -0.342. The van der Waals surface area contributed by atoms with Crippen LogP contribution >= 0.6 is 11.6 Å². The van der Waals surface area contributed by atoms with Crippen LogP contribution in [0.15, 0.2) is 28.9 Å². The number of nitrogens with zero attached hydrogens (tertiary/aromatic N) is 2. The van der Waals surface area contributed by atoms with Crippen LogP contribution in [-0.4, -0.2) is 29.6 Å². The summed E-state index contributed by atoms with van der Waals surface area (Å²) in [6.45, 7) is 3.51. The van der Waals surface area contributed by atoms with E-state index in [2.05, 4.69) is 15.3 Å². The molecular formula is C17H16ClN3O4. The van der Waals surface area contributed by atoms with Crippen molar-refractivity contribution in [2.75, 3.05) is 19.0 Å². The van der Waals surface area contributed by atoms with Crippen molar-refractivity contribution in [1.82, 2.24) is 9.97 Å². The van der Waals surface area contributed by atoms with E-state index in [0.29, 0.717) is 33.4 Å². The lowest BCUT2D eigenvalue weighted by Crippen LogP contribution is -2.20. The minimum Gasteiger partial charge on any atom is -0.495 e. The molecule has 25 heavy (non-hydrogen) atoms. The van der Waals surface area contributed by atoms with E-state index >= 15 is 0 Å². The highest BCUT2D eigenvalue weighted by molar-refractivity contribution is 6.32. The molecule has 0 saturated heterocycles. The smallest absolute Gasteiger partial charge is 0.262 e. The largest absolute Gasteiger partial charge is 0.495 e. The number of aryl methyl sites for hydroxylation is 2. The molecule has 8 heteroatoms. The standard InChI is InChI=1S/C17H16ClN3O4/c1-9-10(2)25-17-15(9)16(19-8-20-17)24-7-14(22)21-11-4-5-13(23-3)12(18)6-11/h4-6,8H,7H2,1-3H3,(H,21,22). The van der Waals surface area contributed by atoms with Crippen LogP contribution in [0.1, 0.15) is 11.3 Å². The molecule has 0 aliphatic rings. The molecule has 3 aromatic rings. The van der Waals surface area contributed by atoms with Crippen LogP contribution < -0.4 is 14.8 Å². The molecule has 0 atom stereocenters. The van der Waals surface area contributed by atoms with Crippen molar-refractivity contribution >= 4 is 34.3 Å². The monoisotopic (exact) mass is 361 g/mol. The number of fused-ring (bicyclic) bond motifs is 1. The van der Waals surface area contributed by atoms with Crippen LogP contribution in [0.3, 0.4) is 0 Å². The molecule has 0 radical (unpaired) electrons. The lowest BCUT2D eigenvalue weighted by molar-refractivity contribution is -0.118. The van der Waals surface area contributed by atoms with Crippen LogP contribution in [0, 0.1) is 13.8 Å². The van der Waals surface area contributed by atoms with E-state index in [9.17, 15) is 4.79 Å². The van der Waals surface area contributed by atoms with Crippen molar-refractivity contribution in [3.05, 3.63) is 40.9 Å². The molecule has 130 valence electrons. The maximum absolute atomic E-state index is 12.1. The summed E-state index contributed by atoms with van der Waals surface area (Å²) in [5.41, 5.74) is 1.86. The van der Waals surface area contributed by atoms with Gasteiger partial charge >= 0.3 is 0 Å². The number of furan rings is 1. The van der Waals surface area contributed by atoms with Crippen molar-refractivity contribution in [3.63, 3.8) is 0 Å². The Bertz CT molecular complexity index is 939. The first-order valence-corrected chi connectivity index (χ1v) is 7.84. The number of benzene rings is 1. The Morgan fingerprint density at radius 2 is 2.12 bits per heavy atom. The van der Waals surface area contributed by atoms with Crippen molar-refractivity contribution in [3.8, 4) is 11.6 Å². The predicted molar refractivity (Wildman–Crippen MR) is 93.4 cm³/mol. The summed E-state index contributed by atoms with van der Waals surface area (Å²) in [5, 5.41) is 3.77. The van der Waals surface area contributed by atoms with Gasteiger partial charge in [-0.25, -0.2) is 9.97 Å². The number of anilines is 1. The van der Waals surface area contributed by atoms with E-state index in [1.807, 2.05) is 13.8 Å².